The Bertz CT molecular complexity index is 1150. The molecule has 1 aromatic carbocycles. The molecule has 0 bridgehead atoms. The molecule has 11 heteroatoms. The average molecular weight is 454 g/mol. The van der Waals surface area contributed by atoms with Gasteiger partial charge in [-0.15, -0.1) is 0 Å². The van der Waals surface area contributed by atoms with Crippen molar-refractivity contribution < 1.29 is 18.3 Å². The largest absolute Gasteiger partial charge is 0.491 e. The Morgan fingerprint density at radius 1 is 1.06 bits per heavy atom. The summed E-state index contributed by atoms with van der Waals surface area (Å²) in [7, 11) is 0. The number of pyridine rings is 1. The lowest BCUT2D eigenvalue weighted by atomic mass is 9.97. The van der Waals surface area contributed by atoms with Gasteiger partial charge in [-0.25, -0.2) is 4.98 Å². The molecule has 0 aliphatic carbocycles. The van der Waals surface area contributed by atoms with Crippen molar-refractivity contribution in [1.82, 2.24) is 15.2 Å². The fourth-order valence-electron chi connectivity index (χ4n) is 2.76. The Hall–Kier alpha value is -3.80. The van der Waals surface area contributed by atoms with E-state index in [-0.39, 0.29) is 30.2 Å². The second-order valence-corrected chi connectivity index (χ2v) is 7.12. The summed E-state index contributed by atoms with van der Waals surface area (Å²) in [6, 6.07) is 14.2. The van der Waals surface area contributed by atoms with Crippen LogP contribution in [0.5, 0.6) is 5.75 Å². The third kappa shape index (κ3) is 5.66. The lowest BCUT2D eigenvalue weighted by molar-refractivity contribution is -0.133. The SMILES string of the molecule is N#Cc1c(N)nc(SCc2cccnn2)c(C#N)c1-c1ccc(OCCOC(F)F)cc1. The van der Waals surface area contributed by atoms with Gasteiger partial charge in [-0.3, -0.25) is 0 Å². The lowest BCUT2D eigenvalue weighted by Crippen LogP contribution is -2.09. The van der Waals surface area contributed by atoms with Crippen molar-refractivity contribution in [2.75, 3.05) is 18.9 Å². The molecule has 0 spiro atoms. The van der Waals surface area contributed by atoms with E-state index in [0.717, 1.165) is 0 Å². The smallest absolute Gasteiger partial charge is 0.345 e. The number of benzene rings is 1. The molecular formula is C21H16F2N6O2S. The summed E-state index contributed by atoms with van der Waals surface area (Å²) in [5, 5.41) is 27.6. The van der Waals surface area contributed by atoms with Crippen molar-refractivity contribution in [3.63, 3.8) is 0 Å². The first-order valence-electron chi connectivity index (χ1n) is 9.19. The minimum atomic E-state index is -2.85. The van der Waals surface area contributed by atoms with Gasteiger partial charge in [0, 0.05) is 17.5 Å². The van der Waals surface area contributed by atoms with Gasteiger partial charge in [0.2, 0.25) is 0 Å². The number of nitriles is 2. The maximum absolute atomic E-state index is 12.0. The van der Waals surface area contributed by atoms with Crippen LogP contribution >= 0.6 is 11.8 Å². The number of nitrogens with two attached hydrogens (primary N) is 1. The number of rotatable bonds is 9. The van der Waals surface area contributed by atoms with E-state index in [4.69, 9.17) is 10.5 Å². The number of thioether (sulfide) groups is 1. The molecular weight excluding hydrogens is 438 g/mol. The maximum atomic E-state index is 12.0. The zero-order valence-corrected chi connectivity index (χ0v) is 17.4. The predicted molar refractivity (Wildman–Crippen MR) is 113 cm³/mol. The Balaban J connectivity index is 1.88. The summed E-state index contributed by atoms with van der Waals surface area (Å²) in [5.41, 5.74) is 7.93. The number of nitrogens with zero attached hydrogens (tertiary/aromatic N) is 5. The molecule has 0 radical (unpaired) electrons. The van der Waals surface area contributed by atoms with Crippen molar-refractivity contribution in [3.05, 3.63) is 59.4 Å². The van der Waals surface area contributed by atoms with Gasteiger partial charge in [0.15, 0.2) is 0 Å². The lowest BCUT2D eigenvalue weighted by Gasteiger charge is -2.13. The fourth-order valence-corrected chi connectivity index (χ4v) is 3.65. The molecule has 3 rings (SSSR count). The molecule has 32 heavy (non-hydrogen) atoms. The molecule has 0 unspecified atom stereocenters. The third-order valence-corrected chi connectivity index (χ3v) is 5.15. The number of aromatic nitrogens is 3. The summed E-state index contributed by atoms with van der Waals surface area (Å²) in [5.74, 6) is 0.837. The summed E-state index contributed by atoms with van der Waals surface area (Å²) >= 11 is 1.26. The maximum Gasteiger partial charge on any atom is 0.345 e. The zero-order chi connectivity index (χ0) is 22.9. The van der Waals surface area contributed by atoms with Gasteiger partial charge in [0.05, 0.1) is 17.9 Å². The molecule has 0 fully saturated rings. The molecule has 0 aliphatic rings. The van der Waals surface area contributed by atoms with Crippen LogP contribution in [0.15, 0.2) is 47.6 Å². The standard InChI is InChI=1S/C21H16F2N6O2S/c22-21(23)31-9-8-30-15-5-3-13(4-6-15)18-16(10-24)19(26)28-20(17(18)11-25)32-12-14-2-1-7-27-29-14/h1-7,21H,8-9,12H2,(H2,26,28). The van der Waals surface area contributed by atoms with Crippen LogP contribution in [0.4, 0.5) is 14.6 Å². The number of alkyl halides is 2. The van der Waals surface area contributed by atoms with E-state index >= 15 is 0 Å². The van der Waals surface area contributed by atoms with Crippen molar-refractivity contribution in [2.45, 2.75) is 17.4 Å². The highest BCUT2D eigenvalue weighted by atomic mass is 32.2. The van der Waals surface area contributed by atoms with E-state index in [0.29, 0.717) is 33.3 Å². The van der Waals surface area contributed by atoms with E-state index in [1.165, 1.54) is 11.8 Å². The van der Waals surface area contributed by atoms with Crippen LogP contribution in [0.3, 0.4) is 0 Å². The van der Waals surface area contributed by atoms with Crippen LogP contribution in [0.2, 0.25) is 0 Å². The van der Waals surface area contributed by atoms with E-state index < -0.39 is 6.61 Å². The van der Waals surface area contributed by atoms with Crippen LogP contribution < -0.4 is 10.5 Å². The molecule has 162 valence electrons. The third-order valence-electron chi connectivity index (χ3n) is 4.14. The minimum absolute atomic E-state index is 0.00706. The topological polar surface area (TPSA) is 131 Å². The number of halogens is 2. The van der Waals surface area contributed by atoms with E-state index in [9.17, 15) is 19.3 Å². The molecule has 3 aromatic rings. The second-order valence-electron chi connectivity index (χ2n) is 6.16. The van der Waals surface area contributed by atoms with Gasteiger partial charge in [-0.1, -0.05) is 23.9 Å². The highest BCUT2D eigenvalue weighted by molar-refractivity contribution is 7.98. The predicted octanol–water partition coefficient (Wildman–Crippen LogP) is 3.77. The van der Waals surface area contributed by atoms with Gasteiger partial charge >= 0.3 is 6.61 Å². The monoisotopic (exact) mass is 454 g/mol. The van der Waals surface area contributed by atoms with Crippen molar-refractivity contribution in [1.29, 1.82) is 10.5 Å². The van der Waals surface area contributed by atoms with Gasteiger partial charge in [-0.05, 0) is 29.8 Å². The summed E-state index contributed by atoms with van der Waals surface area (Å²) < 4.78 is 33.5. The number of nitrogen functional groups attached to an aromatic ring is 1. The number of hydrogen-bond donors (Lipinski definition) is 1. The van der Waals surface area contributed by atoms with E-state index in [1.807, 2.05) is 6.07 Å². The van der Waals surface area contributed by atoms with Crippen LogP contribution in [0, 0.1) is 22.7 Å². The average Bonchev–Trinajstić information content (AvgIpc) is 2.81. The van der Waals surface area contributed by atoms with Gasteiger partial charge in [0.25, 0.3) is 0 Å². The second kappa shape index (κ2) is 11.0. The summed E-state index contributed by atoms with van der Waals surface area (Å²) in [4.78, 5) is 4.25. The van der Waals surface area contributed by atoms with Crippen LogP contribution in [-0.2, 0) is 10.5 Å². The quantitative estimate of drug-likeness (QED) is 0.379. The van der Waals surface area contributed by atoms with Crippen molar-refractivity contribution in [3.8, 4) is 29.0 Å². The van der Waals surface area contributed by atoms with Crippen molar-refractivity contribution >= 4 is 17.6 Å². The first-order valence-corrected chi connectivity index (χ1v) is 10.2. The normalized spacial score (nSPS) is 10.5. The molecule has 0 saturated carbocycles. The van der Waals surface area contributed by atoms with Crippen LogP contribution in [0.25, 0.3) is 11.1 Å². The molecule has 8 nitrogen and oxygen atoms in total. The molecule has 2 aromatic heterocycles. The molecule has 0 atom stereocenters. The molecule has 0 aliphatic heterocycles. The Morgan fingerprint density at radius 3 is 2.44 bits per heavy atom. The molecule has 2 heterocycles. The first-order chi connectivity index (χ1) is 15.5. The van der Waals surface area contributed by atoms with Gasteiger partial charge in [0.1, 0.15) is 40.9 Å². The van der Waals surface area contributed by atoms with Crippen molar-refractivity contribution in [2.24, 2.45) is 0 Å². The summed E-state index contributed by atoms with van der Waals surface area (Å²) in [6.07, 6.45) is 1.56. The Kier molecular flexibility index (Phi) is 7.86. The van der Waals surface area contributed by atoms with Gasteiger partial charge < -0.3 is 15.2 Å². The molecule has 2 N–H and O–H groups in total. The Morgan fingerprint density at radius 2 is 1.81 bits per heavy atom. The number of ether oxygens (including phenoxy) is 2. The number of hydrogen-bond acceptors (Lipinski definition) is 9. The molecule has 0 amide bonds. The van der Waals surface area contributed by atoms with Gasteiger partial charge in [-0.2, -0.15) is 29.5 Å². The molecule has 0 saturated heterocycles. The minimum Gasteiger partial charge on any atom is -0.491 e. The zero-order valence-electron chi connectivity index (χ0n) is 16.5. The highest BCUT2D eigenvalue weighted by Gasteiger charge is 2.20. The van der Waals surface area contributed by atoms with E-state index in [1.54, 1.807) is 42.6 Å². The van der Waals surface area contributed by atoms with E-state index in [2.05, 4.69) is 26.0 Å². The Labute approximate surface area is 186 Å². The van der Waals surface area contributed by atoms with Crippen LogP contribution in [0.1, 0.15) is 16.8 Å². The number of anilines is 1. The fraction of sp³-hybridized carbons (Fsp3) is 0.190. The highest BCUT2D eigenvalue weighted by Crippen LogP contribution is 2.36. The first kappa shape index (κ1) is 22.9. The summed E-state index contributed by atoms with van der Waals surface area (Å²) in [6.45, 7) is -3.17. The van der Waals surface area contributed by atoms with Crippen LogP contribution in [-0.4, -0.2) is 35.0 Å².